The fourth-order valence-corrected chi connectivity index (χ4v) is 2.54. The number of rotatable bonds is 3. The second-order valence-electron chi connectivity index (χ2n) is 4.59. The van der Waals surface area contributed by atoms with E-state index in [-0.39, 0.29) is 0 Å². The van der Waals surface area contributed by atoms with Gasteiger partial charge in [-0.3, -0.25) is 0 Å². The number of piperidine rings is 1. The molecule has 2 rings (SSSR count). The highest BCUT2D eigenvalue weighted by Gasteiger charge is 2.23. The molecule has 0 aromatic rings. The highest BCUT2D eigenvalue weighted by atomic mass is 16.5. The van der Waals surface area contributed by atoms with Crippen LogP contribution in [0.2, 0.25) is 0 Å². The van der Waals surface area contributed by atoms with Crippen molar-refractivity contribution in [3.8, 4) is 0 Å². The van der Waals surface area contributed by atoms with Gasteiger partial charge in [-0.1, -0.05) is 0 Å². The van der Waals surface area contributed by atoms with Crippen molar-refractivity contribution in [2.75, 3.05) is 32.8 Å². The molecule has 0 spiro atoms. The largest absolute Gasteiger partial charge is 0.396 e. The summed E-state index contributed by atoms with van der Waals surface area (Å²) in [6, 6.07) is 0. The van der Waals surface area contributed by atoms with Gasteiger partial charge in [-0.05, 0) is 38.1 Å². The van der Waals surface area contributed by atoms with E-state index in [1.165, 1.54) is 32.2 Å². The van der Waals surface area contributed by atoms with E-state index in [1.807, 2.05) is 0 Å². The monoisotopic (exact) mass is 199 g/mol. The molecule has 0 aromatic carbocycles. The maximum absolute atomic E-state index is 9.11. The third kappa shape index (κ3) is 2.69. The van der Waals surface area contributed by atoms with E-state index < -0.39 is 0 Å². The lowest BCUT2D eigenvalue weighted by Crippen LogP contribution is -2.40. The average Bonchev–Trinajstić information content (AvgIpc) is 2.71. The summed E-state index contributed by atoms with van der Waals surface area (Å²) in [6.07, 6.45) is 5.34. The van der Waals surface area contributed by atoms with Gasteiger partial charge in [0, 0.05) is 26.3 Å². The Hall–Kier alpha value is -0.120. The average molecular weight is 199 g/mol. The first-order valence-electron chi connectivity index (χ1n) is 5.83. The summed E-state index contributed by atoms with van der Waals surface area (Å²) in [7, 11) is 0. The van der Waals surface area contributed by atoms with Gasteiger partial charge in [-0.25, -0.2) is 0 Å². The fraction of sp³-hybridized carbons (Fsp3) is 1.00. The number of likely N-dealkylation sites (tertiary alicyclic amines) is 1. The maximum Gasteiger partial charge on any atom is 0.0702 e. The van der Waals surface area contributed by atoms with Crippen LogP contribution in [-0.2, 0) is 4.74 Å². The van der Waals surface area contributed by atoms with Gasteiger partial charge in [0.15, 0.2) is 0 Å². The molecule has 0 aromatic heterocycles. The summed E-state index contributed by atoms with van der Waals surface area (Å²) in [5.74, 6) is 0.505. The molecule has 2 saturated heterocycles. The highest BCUT2D eigenvalue weighted by Crippen LogP contribution is 2.19. The zero-order valence-corrected chi connectivity index (χ0v) is 8.82. The summed E-state index contributed by atoms with van der Waals surface area (Å²) in [6.45, 7) is 4.63. The third-order valence-corrected chi connectivity index (χ3v) is 3.35. The van der Waals surface area contributed by atoms with Crippen LogP contribution in [0, 0.1) is 5.92 Å². The molecule has 3 heteroatoms. The van der Waals surface area contributed by atoms with Crippen LogP contribution in [0.4, 0.5) is 0 Å². The van der Waals surface area contributed by atoms with E-state index in [4.69, 9.17) is 9.84 Å². The Morgan fingerprint density at radius 1 is 1.29 bits per heavy atom. The van der Waals surface area contributed by atoms with Crippen molar-refractivity contribution in [3.05, 3.63) is 0 Å². The standard InChI is InChI=1S/C11H21NO2/c13-9-10-3-1-5-12(7-10)8-11-4-2-6-14-11/h10-11,13H,1-9H2/t10-,11-/m0/s1. The number of hydrogen-bond donors (Lipinski definition) is 1. The Balaban J connectivity index is 1.73. The molecule has 14 heavy (non-hydrogen) atoms. The fourth-order valence-electron chi connectivity index (χ4n) is 2.54. The molecule has 2 heterocycles. The molecule has 1 N–H and O–H groups in total. The zero-order valence-electron chi connectivity index (χ0n) is 8.82. The Morgan fingerprint density at radius 3 is 2.93 bits per heavy atom. The van der Waals surface area contributed by atoms with E-state index in [1.54, 1.807) is 0 Å². The molecule has 2 fully saturated rings. The minimum atomic E-state index is 0.349. The number of ether oxygens (including phenoxy) is 1. The predicted octanol–water partition coefficient (Wildman–Crippen LogP) is 0.870. The molecule has 2 aliphatic heterocycles. The van der Waals surface area contributed by atoms with Crippen molar-refractivity contribution in [3.63, 3.8) is 0 Å². The van der Waals surface area contributed by atoms with Crippen LogP contribution in [0.3, 0.4) is 0 Å². The van der Waals surface area contributed by atoms with Gasteiger partial charge in [-0.2, -0.15) is 0 Å². The molecular weight excluding hydrogens is 178 g/mol. The molecule has 0 bridgehead atoms. The summed E-state index contributed by atoms with van der Waals surface area (Å²) in [5, 5.41) is 9.11. The van der Waals surface area contributed by atoms with Crippen LogP contribution < -0.4 is 0 Å². The van der Waals surface area contributed by atoms with E-state index in [0.717, 1.165) is 19.7 Å². The van der Waals surface area contributed by atoms with Gasteiger partial charge in [0.2, 0.25) is 0 Å². The lowest BCUT2D eigenvalue weighted by atomic mass is 9.98. The summed E-state index contributed by atoms with van der Waals surface area (Å²) in [5.41, 5.74) is 0. The SMILES string of the molecule is OC[C@H]1CCCN(C[C@@H]2CCCO2)C1. The molecule has 82 valence electrons. The minimum Gasteiger partial charge on any atom is -0.396 e. The molecule has 2 atom stereocenters. The van der Waals surface area contributed by atoms with Crippen molar-refractivity contribution in [1.29, 1.82) is 0 Å². The number of nitrogens with zero attached hydrogens (tertiary/aromatic N) is 1. The second kappa shape index (κ2) is 5.10. The quantitative estimate of drug-likeness (QED) is 0.732. The van der Waals surface area contributed by atoms with Crippen LogP contribution in [0.5, 0.6) is 0 Å². The number of aliphatic hydroxyl groups excluding tert-OH is 1. The normalized spacial score (nSPS) is 34.9. The first kappa shape index (κ1) is 10.4. The van der Waals surface area contributed by atoms with Crippen molar-refractivity contribution in [2.45, 2.75) is 31.8 Å². The number of hydrogen-bond acceptors (Lipinski definition) is 3. The van der Waals surface area contributed by atoms with Crippen molar-refractivity contribution >= 4 is 0 Å². The van der Waals surface area contributed by atoms with Gasteiger partial charge in [0.1, 0.15) is 0 Å². The topological polar surface area (TPSA) is 32.7 Å². The summed E-state index contributed by atoms with van der Waals surface area (Å²) < 4.78 is 5.62. The van der Waals surface area contributed by atoms with Crippen molar-refractivity contribution in [1.82, 2.24) is 4.90 Å². The Labute approximate surface area is 86.0 Å². The predicted molar refractivity (Wildman–Crippen MR) is 55.2 cm³/mol. The molecule has 3 nitrogen and oxygen atoms in total. The van der Waals surface area contributed by atoms with E-state index in [0.29, 0.717) is 18.6 Å². The molecule has 0 amide bonds. The molecule has 0 radical (unpaired) electrons. The Bertz CT molecular complexity index is 169. The number of aliphatic hydroxyl groups is 1. The van der Waals surface area contributed by atoms with Gasteiger partial charge < -0.3 is 14.7 Å². The van der Waals surface area contributed by atoms with Crippen molar-refractivity contribution < 1.29 is 9.84 Å². The van der Waals surface area contributed by atoms with Crippen molar-refractivity contribution in [2.24, 2.45) is 5.92 Å². The van der Waals surface area contributed by atoms with Crippen LogP contribution in [0.1, 0.15) is 25.7 Å². The van der Waals surface area contributed by atoms with Crippen LogP contribution in [0.25, 0.3) is 0 Å². The molecule has 0 saturated carbocycles. The zero-order chi connectivity index (χ0) is 9.80. The Kier molecular flexibility index (Phi) is 3.79. The van der Waals surface area contributed by atoms with Gasteiger partial charge >= 0.3 is 0 Å². The summed E-state index contributed by atoms with van der Waals surface area (Å²) >= 11 is 0. The summed E-state index contributed by atoms with van der Waals surface area (Å²) in [4.78, 5) is 2.46. The van der Waals surface area contributed by atoms with Gasteiger partial charge in [0.05, 0.1) is 6.10 Å². The molecular formula is C11H21NO2. The van der Waals surface area contributed by atoms with Gasteiger partial charge in [-0.15, -0.1) is 0 Å². The lowest BCUT2D eigenvalue weighted by molar-refractivity contribution is 0.0474. The molecule has 0 aliphatic carbocycles. The molecule has 0 unspecified atom stereocenters. The smallest absolute Gasteiger partial charge is 0.0702 e. The van der Waals surface area contributed by atoms with Crippen LogP contribution >= 0.6 is 0 Å². The van der Waals surface area contributed by atoms with Crippen LogP contribution in [0.15, 0.2) is 0 Å². The van der Waals surface area contributed by atoms with E-state index in [9.17, 15) is 0 Å². The van der Waals surface area contributed by atoms with Crippen LogP contribution in [-0.4, -0.2) is 49.0 Å². The van der Waals surface area contributed by atoms with E-state index >= 15 is 0 Å². The third-order valence-electron chi connectivity index (χ3n) is 3.35. The second-order valence-corrected chi connectivity index (χ2v) is 4.59. The molecule has 2 aliphatic rings. The lowest BCUT2D eigenvalue weighted by Gasteiger charge is -2.33. The van der Waals surface area contributed by atoms with E-state index in [2.05, 4.69) is 4.90 Å². The maximum atomic E-state index is 9.11. The minimum absolute atomic E-state index is 0.349. The Morgan fingerprint density at radius 2 is 2.21 bits per heavy atom. The van der Waals surface area contributed by atoms with Gasteiger partial charge in [0.25, 0.3) is 0 Å². The first-order valence-corrected chi connectivity index (χ1v) is 5.83. The first-order chi connectivity index (χ1) is 6.88. The highest BCUT2D eigenvalue weighted by molar-refractivity contribution is 4.76.